The Hall–Kier alpha value is -2.81. The van der Waals surface area contributed by atoms with Crippen LogP contribution in [0.3, 0.4) is 0 Å². The van der Waals surface area contributed by atoms with E-state index in [1.807, 2.05) is 47.4 Å². The van der Waals surface area contributed by atoms with Crippen LogP contribution in [0.4, 0.5) is 5.69 Å². The van der Waals surface area contributed by atoms with Gasteiger partial charge in [0.25, 0.3) is 5.91 Å². The van der Waals surface area contributed by atoms with E-state index in [2.05, 4.69) is 36.2 Å². The zero-order valence-corrected chi connectivity index (χ0v) is 14.4. The molecule has 2 aromatic carbocycles. The van der Waals surface area contributed by atoms with E-state index < -0.39 is 0 Å². The number of hydrogen-bond acceptors (Lipinski definition) is 2. The molecule has 3 rings (SSSR count). The minimum atomic E-state index is 0.0902. The lowest BCUT2D eigenvalue weighted by Gasteiger charge is -2.22. The number of benzene rings is 2. The van der Waals surface area contributed by atoms with Crippen LogP contribution in [0.5, 0.6) is 0 Å². The molecular weight excluding hydrogens is 308 g/mol. The number of carbonyl (C=O) groups excluding carboxylic acids is 1. The van der Waals surface area contributed by atoms with Gasteiger partial charge in [-0.25, -0.2) is 0 Å². The minimum Gasteiger partial charge on any atom is -0.381 e. The van der Waals surface area contributed by atoms with E-state index in [-0.39, 0.29) is 5.91 Å². The summed E-state index contributed by atoms with van der Waals surface area (Å²) in [6.45, 7) is 5.00. The van der Waals surface area contributed by atoms with Crippen LogP contribution in [-0.4, -0.2) is 29.9 Å². The van der Waals surface area contributed by atoms with Gasteiger partial charge in [-0.15, -0.1) is 6.58 Å². The molecule has 0 aromatic heterocycles. The van der Waals surface area contributed by atoms with E-state index in [9.17, 15) is 4.79 Å². The number of nitrogens with one attached hydrogen (secondary N) is 1. The molecule has 2 aromatic rings. The second kappa shape index (κ2) is 8.34. The van der Waals surface area contributed by atoms with Gasteiger partial charge >= 0.3 is 0 Å². The van der Waals surface area contributed by atoms with Crippen LogP contribution in [-0.2, 0) is 0 Å². The number of para-hydroxylation sites is 1. The lowest BCUT2D eigenvalue weighted by molar-refractivity contribution is 0.0764. The first kappa shape index (κ1) is 17.0. The maximum atomic E-state index is 13.1. The van der Waals surface area contributed by atoms with Gasteiger partial charge in [-0.3, -0.25) is 4.79 Å². The van der Waals surface area contributed by atoms with E-state index in [0.29, 0.717) is 19.1 Å². The van der Waals surface area contributed by atoms with Crippen molar-refractivity contribution >= 4 is 17.7 Å². The largest absolute Gasteiger partial charge is 0.381 e. The van der Waals surface area contributed by atoms with E-state index in [4.69, 9.17) is 0 Å². The van der Waals surface area contributed by atoms with Gasteiger partial charge in [0.1, 0.15) is 0 Å². The number of nitrogens with zero attached hydrogens (tertiary/aromatic N) is 1. The monoisotopic (exact) mass is 332 g/mol. The highest BCUT2D eigenvalue weighted by atomic mass is 16.2. The number of anilines is 1. The predicted octanol–water partition coefficient (Wildman–Crippen LogP) is 4.60. The van der Waals surface area contributed by atoms with Gasteiger partial charge in [-0.2, -0.15) is 0 Å². The second-order valence-electron chi connectivity index (χ2n) is 6.22. The molecule has 3 heteroatoms. The average molecular weight is 332 g/mol. The quantitative estimate of drug-likeness (QED) is 0.716. The Morgan fingerprint density at radius 1 is 1.12 bits per heavy atom. The Morgan fingerprint density at radius 3 is 2.56 bits per heavy atom. The van der Waals surface area contributed by atoms with Gasteiger partial charge < -0.3 is 10.2 Å². The highest BCUT2D eigenvalue weighted by Gasteiger charge is 2.32. The van der Waals surface area contributed by atoms with E-state index in [1.165, 1.54) is 0 Å². The van der Waals surface area contributed by atoms with E-state index in [1.54, 1.807) is 6.08 Å². The lowest BCUT2D eigenvalue weighted by Crippen LogP contribution is -2.33. The zero-order valence-electron chi connectivity index (χ0n) is 14.4. The molecule has 0 heterocycles. The summed E-state index contributed by atoms with van der Waals surface area (Å²) in [4.78, 5) is 15.1. The van der Waals surface area contributed by atoms with Crippen molar-refractivity contribution in [2.45, 2.75) is 18.9 Å². The molecule has 0 bridgehead atoms. The normalized spacial score (nSPS) is 13.6. The zero-order chi connectivity index (χ0) is 17.5. The molecule has 1 amide bonds. The Balaban J connectivity index is 1.73. The van der Waals surface area contributed by atoms with Gasteiger partial charge in [0.2, 0.25) is 0 Å². The first-order chi connectivity index (χ1) is 12.3. The molecule has 1 aliphatic rings. The Kier molecular flexibility index (Phi) is 5.68. The molecule has 128 valence electrons. The highest BCUT2D eigenvalue weighted by molar-refractivity contribution is 6.00. The summed E-state index contributed by atoms with van der Waals surface area (Å²) >= 11 is 0. The summed E-state index contributed by atoms with van der Waals surface area (Å²) < 4.78 is 0. The van der Waals surface area contributed by atoms with Crippen LogP contribution < -0.4 is 5.32 Å². The summed E-state index contributed by atoms with van der Waals surface area (Å²) in [7, 11) is 0. The second-order valence-corrected chi connectivity index (χ2v) is 6.22. The molecular formula is C22H24N2O. The van der Waals surface area contributed by atoms with Crippen molar-refractivity contribution in [3.05, 3.63) is 84.5 Å². The predicted molar refractivity (Wildman–Crippen MR) is 105 cm³/mol. The van der Waals surface area contributed by atoms with Crippen LogP contribution in [0, 0.1) is 0 Å². The molecule has 1 saturated carbocycles. The van der Waals surface area contributed by atoms with Crippen molar-refractivity contribution in [2.24, 2.45) is 0 Å². The Bertz CT molecular complexity index is 748. The fourth-order valence-electron chi connectivity index (χ4n) is 2.81. The standard InChI is InChI=1S/C22H24N2O/c1-2-16-23-21-13-7-6-12-20(21)22(25)24(19-14-15-19)17-8-11-18-9-4-3-5-10-18/h2-13,19,23H,1,14-17H2/b11-8+. The van der Waals surface area contributed by atoms with Gasteiger partial charge in [0, 0.05) is 24.8 Å². The summed E-state index contributed by atoms with van der Waals surface area (Å²) in [5, 5.41) is 3.26. The molecule has 0 spiro atoms. The first-order valence-corrected chi connectivity index (χ1v) is 8.76. The summed E-state index contributed by atoms with van der Waals surface area (Å²) in [6.07, 6.45) is 8.12. The Labute approximate surface area is 149 Å². The SMILES string of the molecule is C=CCNc1ccccc1C(=O)N(C/C=C/c1ccccc1)C1CC1. The number of carbonyl (C=O) groups is 1. The van der Waals surface area contributed by atoms with Crippen molar-refractivity contribution < 1.29 is 4.79 Å². The molecule has 3 nitrogen and oxygen atoms in total. The van der Waals surface area contributed by atoms with Gasteiger partial charge in [-0.1, -0.05) is 60.7 Å². The third-order valence-corrected chi connectivity index (χ3v) is 4.25. The minimum absolute atomic E-state index is 0.0902. The Morgan fingerprint density at radius 2 is 1.84 bits per heavy atom. The molecule has 0 saturated heterocycles. The van der Waals surface area contributed by atoms with Crippen LogP contribution in [0.15, 0.2) is 73.3 Å². The van der Waals surface area contributed by atoms with Crippen LogP contribution in [0.25, 0.3) is 6.08 Å². The van der Waals surface area contributed by atoms with Crippen molar-refractivity contribution in [3.63, 3.8) is 0 Å². The maximum Gasteiger partial charge on any atom is 0.256 e. The van der Waals surface area contributed by atoms with E-state index in [0.717, 1.165) is 29.7 Å². The van der Waals surface area contributed by atoms with Crippen molar-refractivity contribution in [2.75, 3.05) is 18.4 Å². The molecule has 1 N–H and O–H groups in total. The molecule has 0 radical (unpaired) electrons. The smallest absolute Gasteiger partial charge is 0.256 e. The average Bonchev–Trinajstić information content (AvgIpc) is 3.49. The third kappa shape index (κ3) is 4.60. The molecule has 0 unspecified atom stereocenters. The first-order valence-electron chi connectivity index (χ1n) is 8.76. The van der Waals surface area contributed by atoms with Gasteiger partial charge in [0.05, 0.1) is 5.56 Å². The summed E-state index contributed by atoms with van der Waals surface area (Å²) in [5.41, 5.74) is 2.74. The van der Waals surface area contributed by atoms with Crippen molar-refractivity contribution in [1.29, 1.82) is 0 Å². The van der Waals surface area contributed by atoms with Gasteiger partial charge in [0.15, 0.2) is 0 Å². The number of amides is 1. The molecule has 0 aliphatic heterocycles. The highest BCUT2D eigenvalue weighted by Crippen LogP contribution is 2.29. The van der Waals surface area contributed by atoms with E-state index >= 15 is 0 Å². The van der Waals surface area contributed by atoms with Crippen LogP contribution in [0.2, 0.25) is 0 Å². The van der Waals surface area contributed by atoms with Crippen LogP contribution >= 0.6 is 0 Å². The summed E-state index contributed by atoms with van der Waals surface area (Å²) in [6, 6.07) is 18.2. The van der Waals surface area contributed by atoms with Gasteiger partial charge in [-0.05, 0) is 30.5 Å². The molecule has 1 aliphatic carbocycles. The topological polar surface area (TPSA) is 32.3 Å². The summed E-state index contributed by atoms with van der Waals surface area (Å²) in [5.74, 6) is 0.0902. The molecule has 1 fully saturated rings. The van der Waals surface area contributed by atoms with Crippen molar-refractivity contribution in [1.82, 2.24) is 4.90 Å². The van der Waals surface area contributed by atoms with Crippen LogP contribution in [0.1, 0.15) is 28.8 Å². The third-order valence-electron chi connectivity index (χ3n) is 4.25. The number of rotatable bonds is 8. The van der Waals surface area contributed by atoms with Crippen molar-refractivity contribution in [3.8, 4) is 0 Å². The lowest BCUT2D eigenvalue weighted by atomic mass is 10.1. The molecule has 25 heavy (non-hydrogen) atoms. The molecule has 0 atom stereocenters. The fraction of sp³-hybridized carbons (Fsp3) is 0.227. The fourth-order valence-corrected chi connectivity index (χ4v) is 2.81. The number of hydrogen-bond donors (Lipinski definition) is 1. The maximum absolute atomic E-state index is 13.1.